The van der Waals surface area contributed by atoms with Crippen LogP contribution in [0.5, 0.6) is 5.75 Å². The number of ether oxygens (including phenoxy) is 1. The standard InChI is InChI=1S/C15H19F4N3O2/c1-14(2,3)24-11-5-9(4-10(16)6-11)12(22-15(17,18)19)7-13(20)21-8-23/h4-7,22-23H,8H2,1-3H3,(H2,20,21)/b12-7-. The molecule has 0 aliphatic heterocycles. The van der Waals surface area contributed by atoms with Crippen LogP contribution in [0.1, 0.15) is 26.3 Å². The molecule has 1 aromatic carbocycles. The molecule has 0 heterocycles. The Kier molecular flexibility index (Phi) is 6.19. The average molecular weight is 349 g/mol. The van der Waals surface area contributed by atoms with Crippen LogP contribution in [0.15, 0.2) is 29.3 Å². The van der Waals surface area contributed by atoms with Gasteiger partial charge in [0.2, 0.25) is 0 Å². The maximum Gasteiger partial charge on any atom is 0.482 e. The molecule has 0 aromatic heterocycles. The molecule has 24 heavy (non-hydrogen) atoms. The van der Waals surface area contributed by atoms with Gasteiger partial charge in [0.1, 0.15) is 29.7 Å². The molecular weight excluding hydrogens is 330 g/mol. The highest BCUT2D eigenvalue weighted by molar-refractivity contribution is 5.97. The number of aliphatic hydroxyl groups is 1. The van der Waals surface area contributed by atoms with Gasteiger partial charge in [-0.2, -0.15) is 13.2 Å². The van der Waals surface area contributed by atoms with E-state index in [4.69, 9.17) is 15.6 Å². The first-order valence-corrected chi connectivity index (χ1v) is 6.87. The van der Waals surface area contributed by atoms with Crippen molar-refractivity contribution in [3.8, 4) is 5.75 Å². The summed E-state index contributed by atoms with van der Waals surface area (Å²) in [5.74, 6) is -1.07. The average Bonchev–Trinajstić information content (AvgIpc) is 2.33. The van der Waals surface area contributed by atoms with Gasteiger partial charge in [0.25, 0.3) is 0 Å². The van der Waals surface area contributed by atoms with Gasteiger partial charge < -0.3 is 15.6 Å². The van der Waals surface area contributed by atoms with Crippen molar-refractivity contribution in [1.82, 2.24) is 5.32 Å². The fourth-order valence-electron chi connectivity index (χ4n) is 1.75. The van der Waals surface area contributed by atoms with Crippen molar-refractivity contribution >= 4 is 11.5 Å². The summed E-state index contributed by atoms with van der Waals surface area (Å²) in [5, 5.41) is 9.92. The fourth-order valence-corrected chi connectivity index (χ4v) is 1.75. The van der Waals surface area contributed by atoms with Crippen molar-refractivity contribution < 1.29 is 27.4 Å². The first-order valence-electron chi connectivity index (χ1n) is 6.87. The minimum atomic E-state index is -4.78. The number of amidine groups is 1. The second-order valence-corrected chi connectivity index (χ2v) is 5.80. The van der Waals surface area contributed by atoms with Crippen molar-refractivity contribution in [2.24, 2.45) is 10.7 Å². The van der Waals surface area contributed by atoms with E-state index in [1.807, 2.05) is 0 Å². The molecule has 0 unspecified atom stereocenters. The molecule has 1 aromatic rings. The smallest absolute Gasteiger partial charge is 0.482 e. The van der Waals surface area contributed by atoms with Crippen LogP contribution in [0.2, 0.25) is 0 Å². The molecular formula is C15H19F4N3O2. The molecule has 0 aliphatic carbocycles. The largest absolute Gasteiger partial charge is 0.488 e. The Bertz CT molecular complexity index is 635. The van der Waals surface area contributed by atoms with Crippen LogP contribution in [0, 0.1) is 5.82 Å². The predicted octanol–water partition coefficient (Wildman–Crippen LogP) is 2.76. The van der Waals surface area contributed by atoms with E-state index >= 15 is 0 Å². The molecule has 134 valence electrons. The van der Waals surface area contributed by atoms with Crippen LogP contribution in [-0.2, 0) is 0 Å². The summed E-state index contributed by atoms with van der Waals surface area (Å²) in [7, 11) is 0. The molecule has 4 N–H and O–H groups in total. The summed E-state index contributed by atoms with van der Waals surface area (Å²) in [5.41, 5.74) is 4.07. The SMILES string of the molecule is CC(C)(C)Oc1cc(F)cc(/C(=C/C(N)=NCO)NC(F)(F)F)c1. The number of benzene rings is 1. The van der Waals surface area contributed by atoms with Gasteiger partial charge in [-0.15, -0.1) is 0 Å². The van der Waals surface area contributed by atoms with Gasteiger partial charge in [0.15, 0.2) is 0 Å². The lowest BCUT2D eigenvalue weighted by molar-refractivity contribution is -0.144. The molecule has 0 spiro atoms. The fraction of sp³-hybridized carbons (Fsp3) is 0.400. The Morgan fingerprint density at radius 2 is 1.92 bits per heavy atom. The summed E-state index contributed by atoms with van der Waals surface area (Å²) < 4.78 is 57.3. The summed E-state index contributed by atoms with van der Waals surface area (Å²) in [6.45, 7) is 4.46. The monoisotopic (exact) mass is 349 g/mol. The third-order valence-corrected chi connectivity index (χ3v) is 2.43. The highest BCUT2D eigenvalue weighted by atomic mass is 19.4. The number of halogens is 4. The number of nitrogens with two attached hydrogens (primary N) is 1. The first kappa shape index (κ1) is 19.8. The molecule has 0 saturated heterocycles. The summed E-state index contributed by atoms with van der Waals surface area (Å²) >= 11 is 0. The van der Waals surface area contributed by atoms with Crippen LogP contribution >= 0.6 is 0 Å². The number of hydrogen-bond donors (Lipinski definition) is 3. The molecule has 0 bridgehead atoms. The topological polar surface area (TPSA) is 79.9 Å². The van der Waals surface area contributed by atoms with Gasteiger partial charge in [-0.25, -0.2) is 9.38 Å². The molecule has 0 fully saturated rings. The Balaban J connectivity index is 3.34. The Hall–Kier alpha value is -2.29. The lowest BCUT2D eigenvalue weighted by Gasteiger charge is -2.22. The number of aliphatic hydroxyl groups excluding tert-OH is 1. The van der Waals surface area contributed by atoms with Gasteiger partial charge in [-0.3, -0.25) is 5.32 Å². The van der Waals surface area contributed by atoms with E-state index < -0.39 is 30.1 Å². The van der Waals surface area contributed by atoms with Crippen LogP contribution in [0.25, 0.3) is 5.70 Å². The quantitative estimate of drug-likeness (QED) is 0.331. The predicted molar refractivity (Wildman–Crippen MR) is 82.7 cm³/mol. The molecule has 0 amide bonds. The Morgan fingerprint density at radius 1 is 1.29 bits per heavy atom. The molecule has 1 rings (SSSR count). The summed E-state index contributed by atoms with van der Waals surface area (Å²) in [6, 6.07) is 3.20. The molecule has 0 aliphatic rings. The van der Waals surface area contributed by atoms with Crippen LogP contribution in [-0.4, -0.2) is 29.6 Å². The van der Waals surface area contributed by atoms with Crippen molar-refractivity contribution in [3.63, 3.8) is 0 Å². The van der Waals surface area contributed by atoms with Crippen molar-refractivity contribution in [2.75, 3.05) is 6.73 Å². The van der Waals surface area contributed by atoms with E-state index in [2.05, 4.69) is 4.99 Å². The van der Waals surface area contributed by atoms with E-state index in [0.717, 1.165) is 18.2 Å². The van der Waals surface area contributed by atoms with E-state index in [9.17, 15) is 17.6 Å². The lowest BCUT2D eigenvalue weighted by Crippen LogP contribution is -2.31. The highest BCUT2D eigenvalue weighted by Crippen LogP contribution is 2.26. The number of alkyl halides is 3. The van der Waals surface area contributed by atoms with Gasteiger partial charge in [0.05, 0.1) is 5.70 Å². The van der Waals surface area contributed by atoms with Crippen LogP contribution in [0.4, 0.5) is 17.6 Å². The van der Waals surface area contributed by atoms with Gasteiger partial charge in [-0.1, -0.05) is 0 Å². The molecule has 0 saturated carbocycles. The van der Waals surface area contributed by atoms with Crippen molar-refractivity contribution in [3.05, 3.63) is 35.7 Å². The second-order valence-electron chi connectivity index (χ2n) is 5.80. The third kappa shape index (κ3) is 7.32. The number of hydrogen-bond acceptors (Lipinski definition) is 4. The third-order valence-electron chi connectivity index (χ3n) is 2.43. The highest BCUT2D eigenvalue weighted by Gasteiger charge is 2.29. The maximum absolute atomic E-state index is 13.8. The van der Waals surface area contributed by atoms with Crippen molar-refractivity contribution in [2.45, 2.75) is 32.7 Å². The Morgan fingerprint density at radius 3 is 2.42 bits per heavy atom. The Labute approximate surface area is 136 Å². The van der Waals surface area contributed by atoms with Gasteiger partial charge in [-0.05, 0) is 32.9 Å². The number of nitrogens with zero attached hydrogens (tertiary/aromatic N) is 1. The van der Waals surface area contributed by atoms with Gasteiger partial charge >= 0.3 is 6.30 Å². The van der Waals surface area contributed by atoms with E-state index in [-0.39, 0.29) is 17.1 Å². The second kappa shape index (κ2) is 7.52. The molecule has 0 radical (unpaired) electrons. The maximum atomic E-state index is 13.8. The zero-order chi connectivity index (χ0) is 18.5. The van der Waals surface area contributed by atoms with Crippen LogP contribution < -0.4 is 15.8 Å². The zero-order valence-corrected chi connectivity index (χ0v) is 13.4. The van der Waals surface area contributed by atoms with Crippen LogP contribution in [0.3, 0.4) is 0 Å². The normalized spacial score (nSPS) is 13.8. The van der Waals surface area contributed by atoms with Gasteiger partial charge in [0, 0.05) is 17.7 Å². The lowest BCUT2D eigenvalue weighted by atomic mass is 10.1. The molecule has 9 heteroatoms. The first-order chi connectivity index (χ1) is 10.9. The molecule has 0 atom stereocenters. The minimum Gasteiger partial charge on any atom is -0.488 e. The number of aliphatic imine (C=N–C) groups is 1. The van der Waals surface area contributed by atoms with Crippen molar-refractivity contribution in [1.29, 1.82) is 0 Å². The van der Waals surface area contributed by atoms with E-state index in [1.165, 1.54) is 11.4 Å². The number of rotatable bonds is 5. The zero-order valence-electron chi connectivity index (χ0n) is 13.4. The van der Waals surface area contributed by atoms with E-state index in [0.29, 0.717) is 0 Å². The van der Waals surface area contributed by atoms with E-state index in [1.54, 1.807) is 20.8 Å². The number of nitrogens with one attached hydrogen (secondary N) is 1. The summed E-state index contributed by atoms with van der Waals surface area (Å²) in [6.07, 6.45) is -3.93. The minimum absolute atomic E-state index is 0.0602. The summed E-state index contributed by atoms with van der Waals surface area (Å²) in [4.78, 5) is 3.37. The molecule has 5 nitrogen and oxygen atoms in total.